The van der Waals surface area contributed by atoms with Crippen LogP contribution in [0.3, 0.4) is 0 Å². The van der Waals surface area contributed by atoms with E-state index in [0.29, 0.717) is 17.2 Å². The maximum Gasteiger partial charge on any atom is 0.181 e. The normalized spacial score (nSPS) is 12.6. The van der Waals surface area contributed by atoms with Crippen molar-refractivity contribution in [2.24, 2.45) is 0 Å². The van der Waals surface area contributed by atoms with E-state index in [-0.39, 0.29) is 0 Å². The molecule has 1 unspecified atom stereocenters. The zero-order chi connectivity index (χ0) is 17.4. The number of imidazole rings is 1. The van der Waals surface area contributed by atoms with Gasteiger partial charge in [-0.15, -0.1) is 0 Å². The molecule has 0 saturated heterocycles. The van der Waals surface area contributed by atoms with Gasteiger partial charge >= 0.3 is 0 Å². The highest BCUT2D eigenvalue weighted by atomic mass is 32.2. The van der Waals surface area contributed by atoms with Crippen LogP contribution in [0.25, 0.3) is 33.3 Å². The van der Waals surface area contributed by atoms with Crippen LogP contribution in [-0.4, -0.2) is 37.0 Å². The summed E-state index contributed by atoms with van der Waals surface area (Å²) >= 11 is 0. The number of methoxy groups -OCH3 is 1. The van der Waals surface area contributed by atoms with Crippen LogP contribution in [0.1, 0.15) is 6.92 Å². The second-order valence-electron chi connectivity index (χ2n) is 5.54. The Bertz CT molecular complexity index is 1070. The number of hydrogen-bond donors (Lipinski definition) is 1. The fourth-order valence-corrected chi connectivity index (χ4v) is 3.64. The maximum atomic E-state index is 12.1. The standard InChI is InChI=1S/C18H16N4O2S/c1-3-25(23)13-4-5-14-11(7-13)6-12(8-16(14)24-2)17-21-15-9-19-10-20-18(15)22-17/h4-10H,3H2,1-2H3,(H,19,20,21,22). The van der Waals surface area contributed by atoms with E-state index in [1.54, 1.807) is 13.3 Å². The van der Waals surface area contributed by atoms with Crippen LogP contribution in [0, 0.1) is 0 Å². The van der Waals surface area contributed by atoms with Crippen molar-refractivity contribution in [3.63, 3.8) is 0 Å². The van der Waals surface area contributed by atoms with Gasteiger partial charge in [0.05, 0.1) is 24.1 Å². The van der Waals surface area contributed by atoms with E-state index in [1.807, 2.05) is 37.3 Å². The average Bonchev–Trinajstić information content (AvgIpc) is 3.10. The van der Waals surface area contributed by atoms with Gasteiger partial charge in [0.15, 0.2) is 5.65 Å². The number of aromatic nitrogens is 4. The lowest BCUT2D eigenvalue weighted by atomic mass is 10.1. The molecule has 0 radical (unpaired) electrons. The van der Waals surface area contributed by atoms with Gasteiger partial charge in [0, 0.05) is 21.6 Å². The number of nitrogens with zero attached hydrogens (tertiary/aromatic N) is 3. The summed E-state index contributed by atoms with van der Waals surface area (Å²) in [5, 5.41) is 1.93. The molecule has 2 heterocycles. The smallest absolute Gasteiger partial charge is 0.181 e. The number of fused-ring (bicyclic) bond motifs is 2. The van der Waals surface area contributed by atoms with Crippen LogP contribution >= 0.6 is 0 Å². The number of aromatic amines is 1. The minimum Gasteiger partial charge on any atom is -0.496 e. The molecule has 6 nitrogen and oxygen atoms in total. The van der Waals surface area contributed by atoms with Crippen molar-refractivity contribution in [3.05, 3.63) is 42.9 Å². The molecule has 2 aromatic carbocycles. The van der Waals surface area contributed by atoms with Gasteiger partial charge in [0.25, 0.3) is 0 Å². The third kappa shape index (κ3) is 2.76. The van der Waals surface area contributed by atoms with Crippen molar-refractivity contribution >= 4 is 32.7 Å². The van der Waals surface area contributed by atoms with Crippen LogP contribution in [0.4, 0.5) is 0 Å². The fourth-order valence-electron chi connectivity index (χ4n) is 2.83. The SMILES string of the molecule is CCS(=O)c1ccc2c(OC)cc(-c3nc4ncncc4[nH]3)cc2c1. The molecule has 0 spiro atoms. The molecule has 0 aliphatic heterocycles. The first-order valence-electron chi connectivity index (χ1n) is 7.86. The molecule has 0 amide bonds. The Balaban J connectivity index is 1.92. The van der Waals surface area contributed by atoms with Gasteiger partial charge in [-0.2, -0.15) is 0 Å². The van der Waals surface area contributed by atoms with E-state index < -0.39 is 10.8 Å². The van der Waals surface area contributed by atoms with Crippen LogP contribution in [-0.2, 0) is 10.8 Å². The number of hydrogen-bond acceptors (Lipinski definition) is 5. The van der Waals surface area contributed by atoms with Gasteiger partial charge in [-0.25, -0.2) is 15.0 Å². The predicted octanol–water partition coefficient (Wildman–Crippen LogP) is 3.31. The van der Waals surface area contributed by atoms with E-state index in [9.17, 15) is 4.21 Å². The van der Waals surface area contributed by atoms with Crippen molar-refractivity contribution < 1.29 is 8.95 Å². The Hall–Kier alpha value is -2.80. The van der Waals surface area contributed by atoms with Crippen molar-refractivity contribution in [2.75, 3.05) is 12.9 Å². The van der Waals surface area contributed by atoms with E-state index in [0.717, 1.165) is 32.5 Å². The number of ether oxygens (including phenoxy) is 1. The van der Waals surface area contributed by atoms with E-state index in [2.05, 4.69) is 19.9 Å². The topological polar surface area (TPSA) is 80.8 Å². The Labute approximate surface area is 146 Å². The molecule has 1 N–H and O–H groups in total. The third-order valence-corrected chi connectivity index (χ3v) is 5.37. The minimum atomic E-state index is -1.00. The Morgan fingerprint density at radius 3 is 2.88 bits per heavy atom. The van der Waals surface area contributed by atoms with Crippen molar-refractivity contribution in [1.82, 2.24) is 19.9 Å². The molecule has 0 aliphatic rings. The molecule has 4 rings (SSSR count). The molecular formula is C18H16N4O2S. The lowest BCUT2D eigenvalue weighted by Crippen LogP contribution is -1.95. The van der Waals surface area contributed by atoms with E-state index >= 15 is 0 Å². The lowest BCUT2D eigenvalue weighted by Gasteiger charge is -2.09. The zero-order valence-electron chi connectivity index (χ0n) is 13.8. The van der Waals surface area contributed by atoms with Gasteiger partial charge in [-0.05, 0) is 35.7 Å². The molecule has 7 heteroatoms. The first kappa shape index (κ1) is 15.7. The molecule has 25 heavy (non-hydrogen) atoms. The molecule has 126 valence electrons. The Morgan fingerprint density at radius 1 is 1.24 bits per heavy atom. The van der Waals surface area contributed by atoms with Crippen molar-refractivity contribution in [1.29, 1.82) is 0 Å². The molecule has 2 aromatic heterocycles. The summed E-state index contributed by atoms with van der Waals surface area (Å²) in [5.74, 6) is 2.02. The monoisotopic (exact) mass is 352 g/mol. The molecule has 0 fully saturated rings. The molecule has 4 aromatic rings. The number of benzene rings is 2. The maximum absolute atomic E-state index is 12.1. The summed E-state index contributed by atoms with van der Waals surface area (Å²) in [5.41, 5.74) is 2.27. The quantitative estimate of drug-likeness (QED) is 0.609. The number of H-pyrrole nitrogens is 1. The predicted molar refractivity (Wildman–Crippen MR) is 98.1 cm³/mol. The molecular weight excluding hydrogens is 336 g/mol. The molecule has 0 aliphatic carbocycles. The van der Waals surface area contributed by atoms with Crippen molar-refractivity contribution in [3.8, 4) is 17.1 Å². The van der Waals surface area contributed by atoms with Gasteiger partial charge in [-0.3, -0.25) is 4.21 Å². The summed E-state index contributed by atoms with van der Waals surface area (Å²) in [7, 11) is 0.639. The molecule has 0 saturated carbocycles. The van der Waals surface area contributed by atoms with Crippen LogP contribution in [0.2, 0.25) is 0 Å². The lowest BCUT2D eigenvalue weighted by molar-refractivity contribution is 0.420. The zero-order valence-corrected chi connectivity index (χ0v) is 14.6. The molecule has 1 atom stereocenters. The Kier molecular flexibility index (Phi) is 3.93. The minimum absolute atomic E-state index is 0.588. The summed E-state index contributed by atoms with van der Waals surface area (Å²) in [4.78, 5) is 16.7. The van der Waals surface area contributed by atoms with Crippen LogP contribution in [0.5, 0.6) is 5.75 Å². The summed E-state index contributed by atoms with van der Waals surface area (Å²) in [6.07, 6.45) is 3.17. The first-order valence-corrected chi connectivity index (χ1v) is 9.17. The van der Waals surface area contributed by atoms with E-state index in [4.69, 9.17) is 4.74 Å². The van der Waals surface area contributed by atoms with E-state index in [1.165, 1.54) is 6.33 Å². The van der Waals surface area contributed by atoms with Crippen LogP contribution in [0.15, 0.2) is 47.8 Å². The highest BCUT2D eigenvalue weighted by Crippen LogP contribution is 2.33. The van der Waals surface area contributed by atoms with Gasteiger partial charge < -0.3 is 9.72 Å². The van der Waals surface area contributed by atoms with Gasteiger partial charge in [0.1, 0.15) is 23.4 Å². The van der Waals surface area contributed by atoms with Gasteiger partial charge in [-0.1, -0.05) is 6.92 Å². The number of nitrogens with one attached hydrogen (secondary N) is 1. The summed E-state index contributed by atoms with van der Waals surface area (Å²) < 4.78 is 17.7. The third-order valence-electron chi connectivity index (χ3n) is 4.07. The number of rotatable bonds is 4. The first-order chi connectivity index (χ1) is 12.2. The highest BCUT2D eigenvalue weighted by Gasteiger charge is 2.12. The van der Waals surface area contributed by atoms with Crippen LogP contribution < -0.4 is 4.74 Å². The second kappa shape index (κ2) is 6.25. The summed E-state index contributed by atoms with van der Waals surface area (Å²) in [6.45, 7) is 1.91. The average molecular weight is 352 g/mol. The largest absolute Gasteiger partial charge is 0.496 e. The summed E-state index contributed by atoms with van der Waals surface area (Å²) in [6, 6.07) is 9.73. The Morgan fingerprint density at radius 2 is 2.12 bits per heavy atom. The fraction of sp³-hybridized carbons (Fsp3) is 0.167. The molecule has 0 bridgehead atoms. The van der Waals surface area contributed by atoms with Gasteiger partial charge in [0.2, 0.25) is 0 Å². The highest BCUT2D eigenvalue weighted by molar-refractivity contribution is 7.85. The van der Waals surface area contributed by atoms with Crippen molar-refractivity contribution in [2.45, 2.75) is 11.8 Å². The second-order valence-corrected chi connectivity index (χ2v) is 7.28.